The van der Waals surface area contributed by atoms with Crippen molar-refractivity contribution in [1.29, 1.82) is 0 Å². The Morgan fingerprint density at radius 2 is 2.18 bits per heavy atom. The summed E-state index contributed by atoms with van der Waals surface area (Å²) in [5.41, 5.74) is 1.23. The van der Waals surface area contributed by atoms with Gasteiger partial charge >= 0.3 is 6.09 Å². The molecule has 1 aromatic heterocycles. The van der Waals surface area contributed by atoms with E-state index in [0.29, 0.717) is 13.1 Å². The van der Waals surface area contributed by atoms with Crippen molar-refractivity contribution in [3.05, 3.63) is 17.5 Å². The summed E-state index contributed by atoms with van der Waals surface area (Å²) in [5.74, 6) is 0.356. The van der Waals surface area contributed by atoms with Crippen molar-refractivity contribution in [1.82, 2.24) is 14.7 Å². The predicted molar refractivity (Wildman–Crippen MR) is 80.4 cm³/mol. The fourth-order valence-corrected chi connectivity index (χ4v) is 2.74. The molecule has 1 saturated carbocycles. The van der Waals surface area contributed by atoms with Gasteiger partial charge in [0.2, 0.25) is 0 Å². The van der Waals surface area contributed by atoms with Gasteiger partial charge in [0, 0.05) is 24.8 Å². The van der Waals surface area contributed by atoms with Crippen molar-refractivity contribution < 1.29 is 14.3 Å². The van der Waals surface area contributed by atoms with Gasteiger partial charge in [0.1, 0.15) is 11.9 Å². The molecule has 6 nitrogen and oxygen atoms in total. The first kappa shape index (κ1) is 15.1. The Labute approximate surface area is 130 Å². The van der Waals surface area contributed by atoms with Crippen molar-refractivity contribution >= 4 is 12.4 Å². The highest BCUT2D eigenvalue weighted by Gasteiger charge is 2.33. The summed E-state index contributed by atoms with van der Waals surface area (Å²) < 4.78 is 7.34. The largest absolute Gasteiger partial charge is 0.444 e. The van der Waals surface area contributed by atoms with Crippen molar-refractivity contribution in [3.8, 4) is 0 Å². The first-order chi connectivity index (χ1) is 10.4. The molecule has 0 aromatic carbocycles. The molecule has 1 aliphatic carbocycles. The summed E-state index contributed by atoms with van der Waals surface area (Å²) in [6, 6.07) is 0. The van der Waals surface area contributed by atoms with E-state index in [9.17, 15) is 9.59 Å². The summed E-state index contributed by atoms with van der Waals surface area (Å²) >= 11 is 0. The summed E-state index contributed by atoms with van der Waals surface area (Å²) in [6.45, 7) is 7.22. The minimum Gasteiger partial charge on any atom is -0.444 e. The van der Waals surface area contributed by atoms with Crippen LogP contribution in [0.1, 0.15) is 50.8 Å². The fourth-order valence-electron chi connectivity index (χ4n) is 2.74. The van der Waals surface area contributed by atoms with Crippen molar-refractivity contribution in [3.63, 3.8) is 0 Å². The standard InChI is InChI=1S/C16H23N3O3/c1-16(2,3)22-15(21)18-7-12-9-19(6-11-4-5-11)17-14(12)13(8-18)10-20/h9-11,13H,4-8H2,1-3H3. The van der Waals surface area contributed by atoms with Gasteiger partial charge in [0.05, 0.1) is 18.2 Å². The van der Waals surface area contributed by atoms with Crippen LogP contribution < -0.4 is 0 Å². The van der Waals surface area contributed by atoms with E-state index >= 15 is 0 Å². The zero-order valence-electron chi connectivity index (χ0n) is 13.4. The van der Waals surface area contributed by atoms with E-state index in [2.05, 4.69) is 5.10 Å². The summed E-state index contributed by atoms with van der Waals surface area (Å²) in [6.07, 6.45) is 4.99. The average Bonchev–Trinajstić information content (AvgIpc) is 3.13. The lowest BCUT2D eigenvalue weighted by Gasteiger charge is -2.31. The van der Waals surface area contributed by atoms with Crippen LogP contribution in [0.15, 0.2) is 6.20 Å². The third-order valence-electron chi connectivity index (χ3n) is 3.96. The second kappa shape index (κ2) is 5.41. The van der Waals surface area contributed by atoms with Gasteiger partial charge in [-0.1, -0.05) is 0 Å². The molecule has 1 fully saturated rings. The molecular weight excluding hydrogens is 282 g/mol. The quantitative estimate of drug-likeness (QED) is 0.804. The SMILES string of the molecule is CC(C)(C)OC(=O)N1Cc2cn(CC3CC3)nc2C(C=O)C1. The highest BCUT2D eigenvalue weighted by Crippen LogP contribution is 2.32. The number of nitrogens with zero attached hydrogens (tertiary/aromatic N) is 3. The maximum Gasteiger partial charge on any atom is 0.410 e. The number of aldehydes is 1. The van der Waals surface area contributed by atoms with E-state index in [0.717, 1.165) is 30.0 Å². The number of amides is 1. The Morgan fingerprint density at radius 3 is 2.77 bits per heavy atom. The Kier molecular flexibility index (Phi) is 3.70. The number of carbonyl (C=O) groups excluding carboxylic acids is 2. The first-order valence-corrected chi connectivity index (χ1v) is 7.85. The number of hydrogen-bond acceptors (Lipinski definition) is 4. The highest BCUT2D eigenvalue weighted by atomic mass is 16.6. The van der Waals surface area contributed by atoms with Crippen molar-refractivity contribution in [2.24, 2.45) is 5.92 Å². The van der Waals surface area contributed by atoms with E-state index in [1.807, 2.05) is 31.6 Å². The van der Waals surface area contributed by atoms with Gasteiger partial charge in [-0.25, -0.2) is 4.79 Å². The molecule has 1 aromatic rings. The molecule has 0 saturated heterocycles. The average molecular weight is 305 g/mol. The minimum atomic E-state index is -0.538. The molecule has 22 heavy (non-hydrogen) atoms. The minimum absolute atomic E-state index is 0.339. The Morgan fingerprint density at radius 1 is 1.45 bits per heavy atom. The predicted octanol–water partition coefficient (Wildman–Crippen LogP) is 2.33. The van der Waals surface area contributed by atoms with Crippen LogP contribution in [0, 0.1) is 5.92 Å². The topological polar surface area (TPSA) is 64.4 Å². The first-order valence-electron chi connectivity index (χ1n) is 7.85. The molecule has 3 rings (SSSR count). The Balaban J connectivity index is 1.76. The molecular formula is C16H23N3O3. The maximum atomic E-state index is 12.2. The van der Waals surface area contributed by atoms with Gasteiger partial charge in [0.15, 0.2) is 0 Å². The van der Waals surface area contributed by atoms with Crippen LogP contribution in [0.2, 0.25) is 0 Å². The number of aromatic nitrogens is 2. The van der Waals surface area contributed by atoms with Crippen LogP contribution >= 0.6 is 0 Å². The molecule has 120 valence electrons. The third-order valence-corrected chi connectivity index (χ3v) is 3.96. The molecule has 0 bridgehead atoms. The van der Waals surface area contributed by atoms with Crippen molar-refractivity contribution in [2.75, 3.05) is 6.54 Å². The highest BCUT2D eigenvalue weighted by molar-refractivity contribution is 5.71. The lowest BCUT2D eigenvalue weighted by molar-refractivity contribution is -0.109. The van der Waals surface area contributed by atoms with Crippen LogP contribution in [0.4, 0.5) is 4.79 Å². The second-order valence-electron chi connectivity index (χ2n) is 7.31. The Hall–Kier alpha value is -1.85. The lowest BCUT2D eigenvalue weighted by atomic mass is 9.98. The van der Waals surface area contributed by atoms with E-state index in [4.69, 9.17) is 4.74 Å². The molecule has 0 N–H and O–H groups in total. The number of hydrogen-bond donors (Lipinski definition) is 0. The molecule has 0 radical (unpaired) electrons. The molecule has 2 heterocycles. The fraction of sp³-hybridized carbons (Fsp3) is 0.688. The molecule has 2 aliphatic rings. The van der Waals surface area contributed by atoms with E-state index in [1.54, 1.807) is 4.90 Å². The van der Waals surface area contributed by atoms with Gasteiger partial charge in [-0.05, 0) is 39.5 Å². The van der Waals surface area contributed by atoms with E-state index in [-0.39, 0.29) is 12.0 Å². The van der Waals surface area contributed by atoms with Crippen LogP contribution in [-0.4, -0.2) is 39.2 Å². The smallest absolute Gasteiger partial charge is 0.410 e. The zero-order valence-corrected chi connectivity index (χ0v) is 13.4. The molecule has 6 heteroatoms. The number of fused-ring (bicyclic) bond motifs is 1. The molecule has 1 atom stereocenters. The van der Waals surface area contributed by atoms with Gasteiger partial charge in [-0.3, -0.25) is 4.68 Å². The summed E-state index contributed by atoms with van der Waals surface area (Å²) in [7, 11) is 0. The summed E-state index contributed by atoms with van der Waals surface area (Å²) in [4.78, 5) is 25.2. The summed E-state index contributed by atoms with van der Waals surface area (Å²) in [5, 5.41) is 4.56. The van der Waals surface area contributed by atoms with Gasteiger partial charge in [-0.2, -0.15) is 5.10 Å². The van der Waals surface area contributed by atoms with Crippen molar-refractivity contribution in [2.45, 2.75) is 58.2 Å². The second-order valence-corrected chi connectivity index (χ2v) is 7.31. The van der Waals surface area contributed by atoms with Gasteiger partial charge in [0.25, 0.3) is 0 Å². The van der Waals surface area contributed by atoms with Crippen LogP contribution in [0.5, 0.6) is 0 Å². The molecule has 0 spiro atoms. The molecule has 1 amide bonds. The Bertz CT molecular complexity index is 584. The zero-order chi connectivity index (χ0) is 15.9. The monoisotopic (exact) mass is 305 g/mol. The number of carbonyl (C=O) groups is 2. The van der Waals surface area contributed by atoms with E-state index < -0.39 is 5.60 Å². The number of rotatable bonds is 3. The van der Waals surface area contributed by atoms with E-state index in [1.165, 1.54) is 12.8 Å². The molecule has 1 aliphatic heterocycles. The molecule has 1 unspecified atom stereocenters. The van der Waals surface area contributed by atoms with Crippen LogP contribution in [0.3, 0.4) is 0 Å². The normalized spacial score (nSPS) is 21.4. The van der Waals surface area contributed by atoms with Crippen LogP contribution in [-0.2, 0) is 22.6 Å². The number of ether oxygens (including phenoxy) is 1. The maximum absolute atomic E-state index is 12.2. The lowest BCUT2D eigenvalue weighted by Crippen LogP contribution is -2.41. The van der Waals surface area contributed by atoms with Gasteiger partial charge in [-0.15, -0.1) is 0 Å². The third kappa shape index (κ3) is 3.31. The van der Waals surface area contributed by atoms with Gasteiger partial charge < -0.3 is 14.4 Å². The van der Waals surface area contributed by atoms with Crippen LogP contribution in [0.25, 0.3) is 0 Å².